The van der Waals surface area contributed by atoms with Gasteiger partial charge in [0.2, 0.25) is 15.9 Å². The van der Waals surface area contributed by atoms with E-state index >= 15 is 0 Å². The van der Waals surface area contributed by atoms with Crippen molar-refractivity contribution in [2.45, 2.75) is 18.7 Å². The molecule has 0 aliphatic carbocycles. The predicted molar refractivity (Wildman–Crippen MR) is 114 cm³/mol. The molecule has 0 aromatic heterocycles. The van der Waals surface area contributed by atoms with Crippen molar-refractivity contribution in [2.75, 3.05) is 66.1 Å². The summed E-state index contributed by atoms with van der Waals surface area (Å²) in [5, 5.41) is 0. The second kappa shape index (κ2) is 11.4. The van der Waals surface area contributed by atoms with Crippen LogP contribution < -0.4 is 4.72 Å². The van der Waals surface area contributed by atoms with E-state index in [1.165, 1.54) is 31.4 Å². The van der Waals surface area contributed by atoms with E-state index in [-0.39, 0.29) is 29.9 Å². The molecule has 30 heavy (non-hydrogen) atoms. The van der Waals surface area contributed by atoms with Crippen LogP contribution >= 0.6 is 0 Å². The molecular formula is C20H32N4O5S. The number of amides is 2. The van der Waals surface area contributed by atoms with Crippen LogP contribution in [-0.2, 0) is 19.6 Å². The topological polar surface area (TPSA) is 99.3 Å². The van der Waals surface area contributed by atoms with E-state index in [1.54, 1.807) is 9.80 Å². The molecule has 1 fully saturated rings. The number of piperazine rings is 1. The fourth-order valence-electron chi connectivity index (χ4n) is 3.30. The van der Waals surface area contributed by atoms with Gasteiger partial charge in [-0.2, -0.15) is 0 Å². The smallest absolute Gasteiger partial charge is 0.253 e. The van der Waals surface area contributed by atoms with Gasteiger partial charge in [-0.05, 0) is 38.1 Å². The highest BCUT2D eigenvalue weighted by molar-refractivity contribution is 7.89. The number of sulfonamides is 1. The van der Waals surface area contributed by atoms with Crippen LogP contribution in [0, 0.1) is 0 Å². The van der Waals surface area contributed by atoms with E-state index in [0.717, 1.165) is 0 Å². The van der Waals surface area contributed by atoms with Crippen LogP contribution in [0.15, 0.2) is 29.2 Å². The largest absolute Gasteiger partial charge is 0.383 e. The molecule has 2 amide bonds. The number of benzene rings is 1. The third-order valence-corrected chi connectivity index (χ3v) is 6.62. The number of hydrogen-bond acceptors (Lipinski definition) is 6. The first-order valence-electron chi connectivity index (χ1n) is 10.2. The molecule has 0 unspecified atom stereocenters. The molecule has 0 saturated carbocycles. The molecule has 1 saturated heterocycles. The van der Waals surface area contributed by atoms with Gasteiger partial charge in [0.25, 0.3) is 5.91 Å². The summed E-state index contributed by atoms with van der Waals surface area (Å²) in [5.41, 5.74) is 0.443. The molecule has 0 spiro atoms. The molecule has 10 heteroatoms. The van der Waals surface area contributed by atoms with Gasteiger partial charge in [0.1, 0.15) is 0 Å². The van der Waals surface area contributed by atoms with Gasteiger partial charge in [-0.15, -0.1) is 0 Å². The second-order valence-electron chi connectivity index (χ2n) is 7.05. The molecule has 168 valence electrons. The first kappa shape index (κ1) is 24.3. The molecule has 1 aliphatic rings. The number of methoxy groups -OCH3 is 1. The monoisotopic (exact) mass is 440 g/mol. The molecule has 0 atom stereocenters. The van der Waals surface area contributed by atoms with Crippen LogP contribution in [0.4, 0.5) is 0 Å². The molecule has 1 aromatic carbocycles. The molecule has 1 N–H and O–H groups in total. The number of carbonyl (C=O) groups excluding carboxylic acids is 2. The van der Waals surface area contributed by atoms with Gasteiger partial charge in [0.05, 0.1) is 18.0 Å². The van der Waals surface area contributed by atoms with Gasteiger partial charge in [-0.1, -0.05) is 0 Å². The van der Waals surface area contributed by atoms with Crippen LogP contribution in [0.5, 0.6) is 0 Å². The summed E-state index contributed by atoms with van der Waals surface area (Å²) in [4.78, 5) is 30.7. The number of ether oxygens (including phenoxy) is 1. The molecule has 0 radical (unpaired) electrons. The SMILES string of the molecule is CCN(CC)C(=O)CN1CCN(C(=O)c2ccc(S(=O)(=O)NCCOC)cc2)CC1. The Hall–Kier alpha value is -2.01. The van der Waals surface area contributed by atoms with E-state index in [2.05, 4.69) is 9.62 Å². The maximum Gasteiger partial charge on any atom is 0.253 e. The average Bonchev–Trinajstić information content (AvgIpc) is 2.75. The molecular weight excluding hydrogens is 408 g/mol. The quantitative estimate of drug-likeness (QED) is 0.523. The fourth-order valence-corrected chi connectivity index (χ4v) is 4.31. The Morgan fingerprint density at radius 1 is 1.07 bits per heavy atom. The van der Waals surface area contributed by atoms with Crippen molar-refractivity contribution >= 4 is 21.8 Å². The maximum atomic E-state index is 12.8. The molecule has 1 aromatic rings. The summed E-state index contributed by atoms with van der Waals surface area (Å²) in [6.45, 7) is 8.47. The Bertz CT molecular complexity index is 801. The molecule has 0 bridgehead atoms. The van der Waals surface area contributed by atoms with Gasteiger partial charge in [-0.25, -0.2) is 13.1 Å². The minimum atomic E-state index is -3.63. The van der Waals surface area contributed by atoms with Crippen molar-refractivity contribution in [3.63, 3.8) is 0 Å². The van der Waals surface area contributed by atoms with Crippen molar-refractivity contribution in [1.29, 1.82) is 0 Å². The van der Waals surface area contributed by atoms with Crippen LogP contribution in [0.1, 0.15) is 24.2 Å². The summed E-state index contributed by atoms with van der Waals surface area (Å²) >= 11 is 0. The lowest BCUT2D eigenvalue weighted by Crippen LogP contribution is -2.51. The van der Waals surface area contributed by atoms with Crippen molar-refractivity contribution in [2.24, 2.45) is 0 Å². The zero-order valence-electron chi connectivity index (χ0n) is 18.0. The van der Waals surface area contributed by atoms with E-state index in [4.69, 9.17) is 4.74 Å². The summed E-state index contributed by atoms with van der Waals surface area (Å²) < 4.78 is 31.7. The normalized spacial score (nSPS) is 15.2. The number of nitrogens with one attached hydrogen (secondary N) is 1. The van der Waals surface area contributed by atoms with Gasteiger partial charge < -0.3 is 14.5 Å². The molecule has 1 heterocycles. The van der Waals surface area contributed by atoms with Crippen molar-refractivity contribution in [1.82, 2.24) is 19.4 Å². The Morgan fingerprint density at radius 3 is 2.20 bits per heavy atom. The third-order valence-electron chi connectivity index (χ3n) is 5.14. The highest BCUT2D eigenvalue weighted by atomic mass is 32.2. The van der Waals surface area contributed by atoms with Crippen molar-refractivity contribution < 1.29 is 22.7 Å². The average molecular weight is 441 g/mol. The Morgan fingerprint density at radius 2 is 1.67 bits per heavy atom. The first-order chi connectivity index (χ1) is 14.3. The van der Waals surface area contributed by atoms with Crippen molar-refractivity contribution in [3.05, 3.63) is 29.8 Å². The predicted octanol–water partition coefficient (Wildman–Crippen LogP) is 0.238. The minimum absolute atomic E-state index is 0.106. The zero-order chi connectivity index (χ0) is 22.1. The van der Waals surface area contributed by atoms with E-state index in [9.17, 15) is 18.0 Å². The third kappa shape index (κ3) is 6.49. The Balaban J connectivity index is 1.90. The standard InChI is InChI=1S/C20H32N4O5S/c1-4-23(5-2)19(25)16-22-11-13-24(14-12-22)20(26)17-6-8-18(9-7-17)30(27,28)21-10-15-29-3/h6-9,21H,4-5,10-16H2,1-3H3. The number of carbonyl (C=O) groups is 2. The highest BCUT2D eigenvalue weighted by Gasteiger charge is 2.24. The maximum absolute atomic E-state index is 12.8. The van der Waals surface area contributed by atoms with E-state index in [0.29, 0.717) is 51.4 Å². The minimum Gasteiger partial charge on any atom is -0.383 e. The molecule has 1 aliphatic heterocycles. The zero-order valence-corrected chi connectivity index (χ0v) is 18.8. The number of likely N-dealkylation sites (N-methyl/N-ethyl adjacent to an activating group) is 1. The lowest BCUT2D eigenvalue weighted by Gasteiger charge is -2.35. The Labute approximate surface area is 179 Å². The second-order valence-corrected chi connectivity index (χ2v) is 8.82. The van der Waals surface area contributed by atoms with Gasteiger partial charge in [0, 0.05) is 58.5 Å². The summed E-state index contributed by atoms with van der Waals surface area (Å²) in [5.74, 6) is -0.0308. The Kier molecular flexibility index (Phi) is 9.22. The number of rotatable bonds is 10. The van der Waals surface area contributed by atoms with Crippen LogP contribution in [-0.4, -0.2) is 101 Å². The van der Waals surface area contributed by atoms with Crippen LogP contribution in [0.2, 0.25) is 0 Å². The van der Waals surface area contributed by atoms with Crippen LogP contribution in [0.3, 0.4) is 0 Å². The molecule has 2 rings (SSSR count). The molecule has 9 nitrogen and oxygen atoms in total. The van der Waals surface area contributed by atoms with Crippen molar-refractivity contribution in [3.8, 4) is 0 Å². The van der Waals surface area contributed by atoms with Gasteiger partial charge >= 0.3 is 0 Å². The fraction of sp³-hybridized carbons (Fsp3) is 0.600. The van der Waals surface area contributed by atoms with E-state index < -0.39 is 10.0 Å². The summed E-state index contributed by atoms with van der Waals surface area (Å²) in [7, 11) is -2.13. The van der Waals surface area contributed by atoms with Crippen LogP contribution in [0.25, 0.3) is 0 Å². The number of hydrogen-bond donors (Lipinski definition) is 1. The van der Waals surface area contributed by atoms with E-state index in [1.807, 2.05) is 13.8 Å². The summed E-state index contributed by atoms with van der Waals surface area (Å²) in [6.07, 6.45) is 0. The van der Waals surface area contributed by atoms with Gasteiger partial charge in [0.15, 0.2) is 0 Å². The van der Waals surface area contributed by atoms with Gasteiger partial charge in [-0.3, -0.25) is 14.5 Å². The lowest BCUT2D eigenvalue weighted by molar-refractivity contribution is -0.132. The first-order valence-corrected chi connectivity index (χ1v) is 11.7. The highest BCUT2D eigenvalue weighted by Crippen LogP contribution is 2.14. The summed E-state index contributed by atoms with van der Waals surface area (Å²) in [6, 6.07) is 5.93. The lowest BCUT2D eigenvalue weighted by atomic mass is 10.2. The number of nitrogens with zero attached hydrogens (tertiary/aromatic N) is 3.